The van der Waals surface area contributed by atoms with Crippen molar-refractivity contribution in [2.75, 3.05) is 13.2 Å². The van der Waals surface area contributed by atoms with Crippen LogP contribution in [0.15, 0.2) is 48.5 Å². The van der Waals surface area contributed by atoms with E-state index in [0.29, 0.717) is 17.9 Å². The number of nitrogens with one attached hydrogen (secondary N) is 1. The second kappa shape index (κ2) is 8.31. The van der Waals surface area contributed by atoms with Crippen LogP contribution in [0.25, 0.3) is 0 Å². The van der Waals surface area contributed by atoms with Crippen LogP contribution in [0.4, 0.5) is 5.69 Å². The number of ether oxygens (including phenoxy) is 1. The summed E-state index contributed by atoms with van der Waals surface area (Å²) in [6.07, 6.45) is 0. The van der Waals surface area contributed by atoms with E-state index < -0.39 is 22.2 Å². The number of nitro groups is 1. The standard InChI is InChI=1S/C19H20N2O6/c1-3-27-14-9-10-16(21(25)26)15(11-14)17(22)20-12-19(2,18(23)24)13-7-5-4-6-8-13/h4-11H,3,12H2,1-2H3,(H,20,22)(H,23,24). The molecule has 0 aliphatic carbocycles. The van der Waals surface area contributed by atoms with Crippen LogP contribution in [-0.2, 0) is 10.2 Å². The van der Waals surface area contributed by atoms with Gasteiger partial charge >= 0.3 is 5.97 Å². The van der Waals surface area contributed by atoms with Crippen LogP contribution >= 0.6 is 0 Å². The monoisotopic (exact) mass is 372 g/mol. The fourth-order valence-electron chi connectivity index (χ4n) is 2.57. The fraction of sp³-hybridized carbons (Fsp3) is 0.263. The van der Waals surface area contributed by atoms with Crippen molar-refractivity contribution in [1.29, 1.82) is 0 Å². The van der Waals surface area contributed by atoms with Crippen LogP contribution in [-0.4, -0.2) is 35.1 Å². The molecule has 1 atom stereocenters. The number of carbonyl (C=O) groups is 2. The second-order valence-electron chi connectivity index (χ2n) is 6.06. The molecule has 0 aromatic heterocycles. The molecule has 1 unspecified atom stereocenters. The average molecular weight is 372 g/mol. The quantitative estimate of drug-likeness (QED) is 0.543. The van der Waals surface area contributed by atoms with Gasteiger partial charge < -0.3 is 15.2 Å². The van der Waals surface area contributed by atoms with Gasteiger partial charge in [0.1, 0.15) is 16.7 Å². The predicted octanol–water partition coefficient (Wildman–Crippen LogP) is 2.77. The zero-order valence-electron chi connectivity index (χ0n) is 15.0. The van der Waals surface area contributed by atoms with E-state index in [0.717, 1.165) is 0 Å². The number of carboxylic acid groups (broad SMARTS) is 1. The van der Waals surface area contributed by atoms with E-state index in [2.05, 4.69) is 5.32 Å². The molecule has 8 heteroatoms. The zero-order chi connectivity index (χ0) is 20.0. The van der Waals surface area contributed by atoms with Crippen molar-refractivity contribution >= 4 is 17.6 Å². The molecule has 0 spiro atoms. The van der Waals surface area contributed by atoms with E-state index in [1.54, 1.807) is 37.3 Å². The van der Waals surface area contributed by atoms with E-state index >= 15 is 0 Å². The predicted molar refractivity (Wildman–Crippen MR) is 98.0 cm³/mol. The highest BCUT2D eigenvalue weighted by Gasteiger charge is 2.36. The molecule has 2 aromatic carbocycles. The molecule has 27 heavy (non-hydrogen) atoms. The lowest BCUT2D eigenvalue weighted by Gasteiger charge is -2.25. The Bertz CT molecular complexity index is 853. The van der Waals surface area contributed by atoms with Gasteiger partial charge in [0.15, 0.2) is 0 Å². The van der Waals surface area contributed by atoms with Crippen molar-refractivity contribution in [3.8, 4) is 5.75 Å². The van der Waals surface area contributed by atoms with Gasteiger partial charge in [0.2, 0.25) is 0 Å². The maximum Gasteiger partial charge on any atom is 0.315 e. The minimum Gasteiger partial charge on any atom is -0.494 e. The van der Waals surface area contributed by atoms with E-state index in [9.17, 15) is 24.8 Å². The lowest BCUT2D eigenvalue weighted by atomic mass is 9.82. The van der Waals surface area contributed by atoms with E-state index in [1.807, 2.05) is 0 Å². The summed E-state index contributed by atoms with van der Waals surface area (Å²) < 4.78 is 5.29. The van der Waals surface area contributed by atoms with Crippen LogP contribution < -0.4 is 10.1 Å². The molecule has 0 aliphatic heterocycles. The Kier molecular flexibility index (Phi) is 6.12. The fourth-order valence-corrected chi connectivity index (χ4v) is 2.57. The van der Waals surface area contributed by atoms with Gasteiger partial charge in [-0.05, 0) is 31.5 Å². The molecule has 142 valence electrons. The van der Waals surface area contributed by atoms with Crippen LogP contribution in [0.3, 0.4) is 0 Å². The Morgan fingerprint density at radius 1 is 1.22 bits per heavy atom. The number of carboxylic acids is 1. The molecule has 0 aliphatic rings. The number of hydrogen-bond donors (Lipinski definition) is 2. The van der Waals surface area contributed by atoms with Crippen LogP contribution in [0.1, 0.15) is 29.8 Å². The highest BCUT2D eigenvalue weighted by molar-refractivity contribution is 5.99. The highest BCUT2D eigenvalue weighted by atomic mass is 16.6. The summed E-state index contributed by atoms with van der Waals surface area (Å²) in [5.41, 5.74) is -1.45. The average Bonchev–Trinajstić information content (AvgIpc) is 2.66. The molecule has 0 saturated heterocycles. The summed E-state index contributed by atoms with van der Waals surface area (Å²) in [5, 5.41) is 23.4. The first-order valence-electron chi connectivity index (χ1n) is 8.28. The zero-order valence-corrected chi connectivity index (χ0v) is 15.0. The Morgan fingerprint density at radius 2 is 1.89 bits per heavy atom. The number of nitro benzene ring substituents is 1. The van der Waals surface area contributed by atoms with Gasteiger partial charge in [-0.2, -0.15) is 0 Å². The smallest absolute Gasteiger partial charge is 0.315 e. The maximum absolute atomic E-state index is 12.6. The van der Waals surface area contributed by atoms with E-state index in [-0.39, 0.29) is 17.8 Å². The molecule has 0 heterocycles. The lowest BCUT2D eigenvalue weighted by Crippen LogP contribution is -2.44. The van der Waals surface area contributed by atoms with Gasteiger partial charge in [0, 0.05) is 12.6 Å². The number of amides is 1. The molecular formula is C19H20N2O6. The highest BCUT2D eigenvalue weighted by Crippen LogP contribution is 2.26. The van der Waals surface area contributed by atoms with E-state index in [1.165, 1.54) is 25.1 Å². The number of aliphatic carboxylic acids is 1. The number of rotatable bonds is 8. The first-order valence-corrected chi connectivity index (χ1v) is 8.28. The van der Waals surface area contributed by atoms with Gasteiger partial charge in [0.05, 0.1) is 11.5 Å². The molecule has 2 N–H and O–H groups in total. The molecule has 0 saturated carbocycles. The number of benzene rings is 2. The molecule has 0 fully saturated rings. The minimum atomic E-state index is -1.39. The Labute approximate surface area is 155 Å². The van der Waals surface area contributed by atoms with Crippen molar-refractivity contribution in [2.24, 2.45) is 0 Å². The summed E-state index contributed by atoms with van der Waals surface area (Å²) >= 11 is 0. The first kappa shape index (κ1) is 19.9. The second-order valence-corrected chi connectivity index (χ2v) is 6.06. The van der Waals surface area contributed by atoms with Gasteiger partial charge in [-0.15, -0.1) is 0 Å². The third-order valence-electron chi connectivity index (χ3n) is 4.21. The van der Waals surface area contributed by atoms with Crippen molar-refractivity contribution < 1.29 is 24.4 Å². The summed E-state index contributed by atoms with van der Waals surface area (Å²) in [6.45, 7) is 3.33. The third kappa shape index (κ3) is 4.41. The molecular weight excluding hydrogens is 352 g/mol. The molecule has 0 bridgehead atoms. The van der Waals surface area contributed by atoms with Crippen molar-refractivity contribution in [2.45, 2.75) is 19.3 Å². The minimum absolute atomic E-state index is 0.188. The summed E-state index contributed by atoms with van der Waals surface area (Å²) in [5.74, 6) is -1.55. The molecule has 0 radical (unpaired) electrons. The molecule has 1 amide bonds. The Balaban J connectivity index is 2.29. The summed E-state index contributed by atoms with van der Waals surface area (Å²) in [7, 11) is 0. The molecule has 2 aromatic rings. The maximum atomic E-state index is 12.6. The van der Waals surface area contributed by atoms with Crippen molar-refractivity contribution in [3.05, 3.63) is 69.8 Å². The Hall–Kier alpha value is -3.42. The first-order chi connectivity index (χ1) is 12.8. The van der Waals surface area contributed by atoms with Gasteiger partial charge in [-0.1, -0.05) is 30.3 Å². The van der Waals surface area contributed by atoms with Gasteiger partial charge in [-0.25, -0.2) is 0 Å². The normalized spacial score (nSPS) is 12.7. The number of hydrogen-bond acceptors (Lipinski definition) is 5. The van der Waals surface area contributed by atoms with Crippen LogP contribution in [0.2, 0.25) is 0 Å². The Morgan fingerprint density at radius 3 is 2.44 bits per heavy atom. The van der Waals surface area contributed by atoms with Crippen molar-refractivity contribution in [3.63, 3.8) is 0 Å². The van der Waals surface area contributed by atoms with Crippen LogP contribution in [0, 0.1) is 10.1 Å². The SMILES string of the molecule is CCOc1ccc([N+](=O)[O-])c(C(=O)NCC(C)(C(=O)O)c2ccccc2)c1. The largest absolute Gasteiger partial charge is 0.494 e. The van der Waals surface area contributed by atoms with Gasteiger partial charge in [-0.3, -0.25) is 19.7 Å². The lowest BCUT2D eigenvalue weighted by molar-refractivity contribution is -0.385. The van der Waals surface area contributed by atoms with E-state index in [4.69, 9.17) is 4.74 Å². The molecule has 2 rings (SSSR count). The summed E-state index contributed by atoms with van der Waals surface area (Å²) in [6, 6.07) is 12.3. The van der Waals surface area contributed by atoms with Crippen molar-refractivity contribution in [1.82, 2.24) is 5.32 Å². The van der Waals surface area contributed by atoms with Crippen LogP contribution in [0.5, 0.6) is 5.75 Å². The van der Waals surface area contributed by atoms with Gasteiger partial charge in [0.25, 0.3) is 11.6 Å². The topological polar surface area (TPSA) is 119 Å². The molecule has 8 nitrogen and oxygen atoms in total. The number of nitrogens with zero attached hydrogens (tertiary/aromatic N) is 1. The summed E-state index contributed by atoms with van der Waals surface area (Å²) in [4.78, 5) is 34.9. The third-order valence-corrected chi connectivity index (χ3v) is 4.21. The number of carbonyl (C=O) groups excluding carboxylic acids is 1.